The van der Waals surface area contributed by atoms with Crippen LogP contribution in [0.2, 0.25) is 5.02 Å². The molecule has 106 valence electrons. The topological polar surface area (TPSA) is 97.1 Å². The molecule has 6 nitrogen and oxygen atoms in total. The molecule has 0 bridgehead atoms. The fourth-order valence-corrected chi connectivity index (χ4v) is 3.85. The number of sulfonamides is 1. The second-order valence-electron chi connectivity index (χ2n) is 3.73. The summed E-state index contributed by atoms with van der Waals surface area (Å²) in [6.45, 7) is 0. The van der Waals surface area contributed by atoms with E-state index in [1.165, 1.54) is 12.3 Å². The number of rotatable bonds is 4. The molecule has 1 aromatic carbocycles. The summed E-state index contributed by atoms with van der Waals surface area (Å²) >= 11 is 7.82. The quantitative estimate of drug-likeness (QED) is 0.398. The van der Waals surface area contributed by atoms with Gasteiger partial charge in [0.1, 0.15) is 0 Å². The van der Waals surface area contributed by atoms with Crippen LogP contribution in [0.1, 0.15) is 0 Å². The number of hydrogen-bond donors (Lipinski definition) is 3. The average Bonchev–Trinajstić information content (AvgIpc) is 2.42. The highest BCUT2D eigenvalue weighted by Gasteiger charge is 2.20. The molecule has 0 saturated carbocycles. The molecule has 0 saturated heterocycles. The summed E-state index contributed by atoms with van der Waals surface area (Å²) in [5.41, 5.74) is 2.94. The summed E-state index contributed by atoms with van der Waals surface area (Å²) in [5, 5.41) is 0.354. The number of hydrogen-bond acceptors (Lipinski definition) is 5. The second kappa shape index (κ2) is 6.12. The van der Waals surface area contributed by atoms with Crippen LogP contribution >= 0.6 is 34.2 Å². The number of hydrazine groups is 1. The van der Waals surface area contributed by atoms with Gasteiger partial charge in [-0.2, -0.15) is 8.42 Å². The molecule has 2 rings (SSSR count). The highest BCUT2D eigenvalue weighted by Crippen LogP contribution is 2.26. The fraction of sp³-hybridized carbons (Fsp3) is 0. The lowest BCUT2D eigenvalue weighted by Gasteiger charge is -2.12. The van der Waals surface area contributed by atoms with Crippen molar-refractivity contribution < 1.29 is 8.42 Å². The second-order valence-corrected chi connectivity index (χ2v) is 6.93. The SMILES string of the molecule is NNc1cccnc1S(=O)(=O)Nc1ccc(Cl)cc1I. The summed E-state index contributed by atoms with van der Waals surface area (Å²) in [6.07, 6.45) is 1.38. The number of nitrogen functional groups attached to an aromatic ring is 1. The Balaban J connectivity index is 2.41. The van der Waals surface area contributed by atoms with Crippen molar-refractivity contribution in [2.24, 2.45) is 5.84 Å². The van der Waals surface area contributed by atoms with Gasteiger partial charge >= 0.3 is 0 Å². The molecule has 0 amide bonds. The molecule has 1 aromatic heterocycles. The van der Waals surface area contributed by atoms with Crippen LogP contribution in [0.3, 0.4) is 0 Å². The summed E-state index contributed by atoms with van der Waals surface area (Å²) in [7, 11) is -3.84. The van der Waals surface area contributed by atoms with Gasteiger partial charge in [-0.3, -0.25) is 10.6 Å². The summed E-state index contributed by atoms with van der Waals surface area (Å²) in [5.74, 6) is 5.29. The highest BCUT2D eigenvalue weighted by atomic mass is 127. The molecule has 0 fully saturated rings. The molecule has 9 heteroatoms. The lowest BCUT2D eigenvalue weighted by Crippen LogP contribution is -2.19. The number of benzene rings is 1. The molecule has 0 aliphatic rings. The first-order chi connectivity index (χ1) is 9.44. The molecule has 1 heterocycles. The maximum Gasteiger partial charge on any atom is 0.281 e. The van der Waals surface area contributed by atoms with Crippen LogP contribution < -0.4 is 16.0 Å². The Kier molecular flexibility index (Phi) is 4.68. The Hall–Kier alpha value is -1.10. The summed E-state index contributed by atoms with van der Waals surface area (Å²) in [6, 6.07) is 7.94. The lowest BCUT2D eigenvalue weighted by atomic mass is 10.3. The number of anilines is 2. The molecule has 0 radical (unpaired) electrons. The van der Waals surface area contributed by atoms with Crippen LogP contribution in [0.4, 0.5) is 11.4 Å². The van der Waals surface area contributed by atoms with E-state index in [1.54, 1.807) is 24.3 Å². The maximum atomic E-state index is 12.3. The predicted molar refractivity (Wildman–Crippen MR) is 87.0 cm³/mol. The van der Waals surface area contributed by atoms with Crippen molar-refractivity contribution in [3.05, 3.63) is 45.1 Å². The normalized spacial score (nSPS) is 11.2. The van der Waals surface area contributed by atoms with Gasteiger partial charge in [-0.25, -0.2) is 4.98 Å². The van der Waals surface area contributed by atoms with Crippen LogP contribution in [0.15, 0.2) is 41.6 Å². The molecule has 0 aliphatic heterocycles. The van der Waals surface area contributed by atoms with E-state index < -0.39 is 10.0 Å². The minimum Gasteiger partial charge on any atom is -0.321 e. The number of pyridine rings is 1. The van der Waals surface area contributed by atoms with E-state index in [1.807, 2.05) is 22.6 Å². The summed E-state index contributed by atoms with van der Waals surface area (Å²) < 4.78 is 27.8. The Labute approximate surface area is 134 Å². The van der Waals surface area contributed by atoms with Crippen LogP contribution in [-0.4, -0.2) is 13.4 Å². The van der Waals surface area contributed by atoms with Gasteiger partial charge in [0.25, 0.3) is 10.0 Å². The van der Waals surface area contributed by atoms with E-state index in [-0.39, 0.29) is 10.7 Å². The zero-order valence-corrected chi connectivity index (χ0v) is 13.7. The first kappa shape index (κ1) is 15.3. The Morgan fingerprint density at radius 1 is 1.25 bits per heavy atom. The fourth-order valence-electron chi connectivity index (χ4n) is 1.48. The van der Waals surface area contributed by atoms with Gasteiger partial charge in [-0.15, -0.1) is 0 Å². The highest BCUT2D eigenvalue weighted by molar-refractivity contribution is 14.1. The first-order valence-electron chi connectivity index (χ1n) is 5.33. The van der Waals surface area contributed by atoms with Crippen molar-refractivity contribution in [3.8, 4) is 0 Å². The van der Waals surface area contributed by atoms with Crippen molar-refractivity contribution in [3.63, 3.8) is 0 Å². The molecular weight excluding hydrogens is 415 g/mol. The minimum absolute atomic E-state index is 0.173. The van der Waals surface area contributed by atoms with Crippen molar-refractivity contribution >= 4 is 55.6 Å². The van der Waals surface area contributed by atoms with Gasteiger partial charge in [0.05, 0.1) is 11.4 Å². The molecular formula is C11H10ClIN4O2S. The predicted octanol–water partition coefficient (Wildman–Crippen LogP) is 2.43. The number of nitrogens with one attached hydrogen (secondary N) is 2. The van der Waals surface area contributed by atoms with E-state index >= 15 is 0 Å². The molecule has 0 aliphatic carbocycles. The summed E-state index contributed by atoms with van der Waals surface area (Å²) in [4.78, 5) is 3.84. The van der Waals surface area contributed by atoms with Gasteiger partial charge in [-0.05, 0) is 52.9 Å². The average molecular weight is 425 g/mol. The number of aromatic nitrogens is 1. The molecule has 2 aromatic rings. The van der Waals surface area contributed by atoms with Crippen LogP contribution in [0.25, 0.3) is 0 Å². The number of nitrogens with zero attached hydrogens (tertiary/aromatic N) is 1. The van der Waals surface area contributed by atoms with Gasteiger partial charge in [0.2, 0.25) is 5.03 Å². The van der Waals surface area contributed by atoms with Crippen LogP contribution in [0.5, 0.6) is 0 Å². The van der Waals surface area contributed by atoms with Crippen LogP contribution in [-0.2, 0) is 10.0 Å². The molecule has 0 atom stereocenters. The molecule has 20 heavy (non-hydrogen) atoms. The third-order valence-corrected chi connectivity index (χ3v) is 4.81. The number of halogens is 2. The Bertz CT molecular complexity index is 739. The minimum atomic E-state index is -3.84. The van der Waals surface area contributed by atoms with Gasteiger partial charge in [-0.1, -0.05) is 11.6 Å². The molecule has 0 unspecified atom stereocenters. The van der Waals surface area contributed by atoms with Crippen LogP contribution in [0, 0.1) is 3.57 Å². The van der Waals surface area contributed by atoms with Gasteiger partial charge in [0, 0.05) is 14.8 Å². The van der Waals surface area contributed by atoms with Crippen molar-refractivity contribution in [1.82, 2.24) is 4.98 Å². The lowest BCUT2D eigenvalue weighted by molar-refractivity contribution is 0.598. The zero-order chi connectivity index (χ0) is 14.8. The standard InChI is InChI=1S/C11H10ClIN4O2S/c12-7-3-4-9(8(13)6-7)17-20(18,19)11-10(16-14)2-1-5-15-11/h1-6,16-17H,14H2. The Morgan fingerprint density at radius 2 is 2.00 bits per heavy atom. The van der Waals surface area contributed by atoms with Crippen molar-refractivity contribution in [2.75, 3.05) is 10.1 Å². The van der Waals surface area contributed by atoms with Crippen molar-refractivity contribution in [1.29, 1.82) is 0 Å². The van der Waals surface area contributed by atoms with Crippen molar-refractivity contribution in [2.45, 2.75) is 5.03 Å². The smallest absolute Gasteiger partial charge is 0.281 e. The third kappa shape index (κ3) is 3.32. The zero-order valence-electron chi connectivity index (χ0n) is 9.97. The van der Waals surface area contributed by atoms with E-state index in [2.05, 4.69) is 15.1 Å². The maximum absolute atomic E-state index is 12.3. The Morgan fingerprint density at radius 3 is 2.65 bits per heavy atom. The van der Waals surface area contributed by atoms with E-state index in [0.29, 0.717) is 14.3 Å². The largest absolute Gasteiger partial charge is 0.321 e. The third-order valence-electron chi connectivity index (χ3n) is 2.36. The van der Waals surface area contributed by atoms with Gasteiger partial charge < -0.3 is 5.43 Å². The van der Waals surface area contributed by atoms with Gasteiger partial charge in [0.15, 0.2) is 0 Å². The van der Waals surface area contributed by atoms with E-state index in [4.69, 9.17) is 17.4 Å². The van der Waals surface area contributed by atoms with E-state index in [0.717, 1.165) is 0 Å². The molecule has 4 N–H and O–H groups in total. The van der Waals surface area contributed by atoms with E-state index in [9.17, 15) is 8.42 Å². The molecule has 0 spiro atoms. The number of nitrogens with two attached hydrogens (primary N) is 1. The first-order valence-corrected chi connectivity index (χ1v) is 8.27. The monoisotopic (exact) mass is 424 g/mol.